The molecule has 15 heavy (non-hydrogen) atoms. The molecule has 1 aliphatic rings. The molecule has 4 unspecified atom stereocenters. The van der Waals surface area contributed by atoms with E-state index in [-0.39, 0.29) is 0 Å². The van der Waals surface area contributed by atoms with Gasteiger partial charge in [-0.3, -0.25) is 0 Å². The zero-order valence-corrected chi connectivity index (χ0v) is 10.9. The van der Waals surface area contributed by atoms with Gasteiger partial charge in [-0.05, 0) is 24.2 Å². The van der Waals surface area contributed by atoms with Crippen molar-refractivity contribution in [3.8, 4) is 0 Å². The summed E-state index contributed by atoms with van der Waals surface area (Å²) in [5, 5.41) is 0. The molecule has 1 fully saturated rings. The lowest BCUT2D eigenvalue weighted by Gasteiger charge is -2.37. The van der Waals surface area contributed by atoms with E-state index in [4.69, 9.17) is 5.73 Å². The Balaban J connectivity index is 2.37. The van der Waals surface area contributed by atoms with E-state index in [1.807, 2.05) is 0 Å². The molecule has 0 radical (unpaired) electrons. The van der Waals surface area contributed by atoms with Crippen molar-refractivity contribution in [3.05, 3.63) is 0 Å². The molecular weight excluding hydrogens is 184 g/mol. The van der Waals surface area contributed by atoms with Crippen molar-refractivity contribution in [1.82, 2.24) is 4.90 Å². The zero-order chi connectivity index (χ0) is 11.4. The second-order valence-corrected chi connectivity index (χ2v) is 5.71. The van der Waals surface area contributed by atoms with Crippen LogP contribution in [0.4, 0.5) is 0 Å². The first-order chi connectivity index (χ1) is 7.02. The Bertz CT molecular complexity index is 171. The topological polar surface area (TPSA) is 29.3 Å². The van der Waals surface area contributed by atoms with E-state index in [1.54, 1.807) is 0 Å². The van der Waals surface area contributed by atoms with Crippen molar-refractivity contribution in [2.45, 2.75) is 46.6 Å². The summed E-state index contributed by atoms with van der Waals surface area (Å²) < 4.78 is 0. The van der Waals surface area contributed by atoms with Gasteiger partial charge in [0, 0.05) is 25.7 Å². The molecule has 2 nitrogen and oxygen atoms in total. The van der Waals surface area contributed by atoms with Crippen molar-refractivity contribution in [2.75, 3.05) is 19.6 Å². The minimum Gasteiger partial charge on any atom is -0.326 e. The Morgan fingerprint density at radius 2 is 1.80 bits per heavy atom. The van der Waals surface area contributed by atoms with Crippen LogP contribution in [-0.4, -0.2) is 30.6 Å². The molecule has 0 amide bonds. The molecule has 0 aliphatic carbocycles. The van der Waals surface area contributed by atoms with Crippen molar-refractivity contribution in [1.29, 1.82) is 0 Å². The van der Waals surface area contributed by atoms with E-state index in [0.717, 1.165) is 18.4 Å². The molecule has 0 aromatic carbocycles. The van der Waals surface area contributed by atoms with E-state index in [1.165, 1.54) is 25.9 Å². The van der Waals surface area contributed by atoms with Crippen LogP contribution in [0.5, 0.6) is 0 Å². The Kier molecular flexibility index (Phi) is 5.07. The maximum absolute atomic E-state index is 6.21. The largest absolute Gasteiger partial charge is 0.326 e. The Hall–Kier alpha value is -0.0800. The van der Waals surface area contributed by atoms with Crippen molar-refractivity contribution < 1.29 is 0 Å². The van der Waals surface area contributed by atoms with Gasteiger partial charge >= 0.3 is 0 Å². The van der Waals surface area contributed by atoms with Crippen LogP contribution in [0, 0.1) is 17.8 Å². The van der Waals surface area contributed by atoms with Gasteiger partial charge in [0.1, 0.15) is 0 Å². The van der Waals surface area contributed by atoms with Crippen LogP contribution >= 0.6 is 0 Å². The van der Waals surface area contributed by atoms with E-state index >= 15 is 0 Å². The van der Waals surface area contributed by atoms with Gasteiger partial charge in [-0.2, -0.15) is 0 Å². The fraction of sp³-hybridized carbons (Fsp3) is 1.00. The first-order valence-corrected chi connectivity index (χ1v) is 6.50. The van der Waals surface area contributed by atoms with Crippen LogP contribution in [0.15, 0.2) is 0 Å². The summed E-state index contributed by atoms with van der Waals surface area (Å²) in [5.74, 6) is 2.34. The average Bonchev–Trinajstić information content (AvgIpc) is 2.14. The molecule has 1 rings (SSSR count). The predicted molar refractivity (Wildman–Crippen MR) is 66.8 cm³/mol. The van der Waals surface area contributed by atoms with E-state index in [0.29, 0.717) is 12.0 Å². The van der Waals surface area contributed by atoms with Gasteiger partial charge in [0.05, 0.1) is 0 Å². The van der Waals surface area contributed by atoms with Crippen molar-refractivity contribution in [3.63, 3.8) is 0 Å². The molecule has 0 spiro atoms. The first kappa shape index (κ1) is 13.0. The van der Waals surface area contributed by atoms with Gasteiger partial charge in [-0.1, -0.05) is 34.1 Å². The summed E-state index contributed by atoms with van der Waals surface area (Å²) in [6, 6.07) is 0.354. The summed E-state index contributed by atoms with van der Waals surface area (Å²) in [5.41, 5.74) is 6.21. The quantitative estimate of drug-likeness (QED) is 0.775. The summed E-state index contributed by atoms with van der Waals surface area (Å²) in [7, 11) is 0. The molecule has 0 bridgehead atoms. The monoisotopic (exact) mass is 212 g/mol. The number of nitrogens with two attached hydrogens (primary N) is 1. The van der Waals surface area contributed by atoms with E-state index in [9.17, 15) is 0 Å². The molecule has 1 saturated heterocycles. The molecule has 2 heteroatoms. The van der Waals surface area contributed by atoms with Gasteiger partial charge in [0.2, 0.25) is 0 Å². The van der Waals surface area contributed by atoms with Crippen LogP contribution in [0.3, 0.4) is 0 Å². The Morgan fingerprint density at radius 3 is 2.27 bits per heavy atom. The third kappa shape index (κ3) is 4.12. The van der Waals surface area contributed by atoms with Crippen LogP contribution in [0.1, 0.15) is 40.5 Å². The molecule has 1 aliphatic heterocycles. The van der Waals surface area contributed by atoms with E-state index < -0.39 is 0 Å². The number of rotatable bonds is 4. The molecular formula is C13H28N2. The second kappa shape index (κ2) is 5.86. The Labute approximate surface area is 95.2 Å². The SMILES string of the molecule is CCC(C)C(N)CN1CC(C)CC(C)C1. The minimum absolute atomic E-state index is 0.354. The molecule has 4 atom stereocenters. The third-order valence-electron chi connectivity index (χ3n) is 3.79. The number of nitrogens with zero attached hydrogens (tertiary/aromatic N) is 1. The summed E-state index contributed by atoms with van der Waals surface area (Å²) in [6.45, 7) is 12.8. The predicted octanol–water partition coefficient (Wildman–Crippen LogP) is 2.34. The standard InChI is InChI=1S/C13H28N2/c1-5-12(4)13(14)9-15-7-10(2)6-11(3)8-15/h10-13H,5-9,14H2,1-4H3. The zero-order valence-electron chi connectivity index (χ0n) is 10.9. The van der Waals surface area contributed by atoms with Crippen LogP contribution < -0.4 is 5.73 Å². The molecule has 1 heterocycles. The average molecular weight is 212 g/mol. The lowest BCUT2D eigenvalue weighted by atomic mass is 9.90. The third-order valence-corrected chi connectivity index (χ3v) is 3.79. The first-order valence-electron chi connectivity index (χ1n) is 6.50. The van der Waals surface area contributed by atoms with Gasteiger partial charge in [0.15, 0.2) is 0 Å². The summed E-state index contributed by atoms with van der Waals surface area (Å²) in [6.07, 6.45) is 2.58. The van der Waals surface area contributed by atoms with Crippen LogP contribution in [0.2, 0.25) is 0 Å². The molecule has 0 aromatic rings. The normalized spacial score (nSPS) is 32.6. The highest BCUT2D eigenvalue weighted by molar-refractivity contribution is 4.79. The number of hydrogen-bond donors (Lipinski definition) is 1. The molecule has 0 aromatic heterocycles. The highest BCUT2D eigenvalue weighted by Gasteiger charge is 2.24. The van der Waals surface area contributed by atoms with Gasteiger partial charge < -0.3 is 10.6 Å². The van der Waals surface area contributed by atoms with E-state index in [2.05, 4.69) is 32.6 Å². The fourth-order valence-corrected chi connectivity index (χ4v) is 2.72. The summed E-state index contributed by atoms with van der Waals surface area (Å²) in [4.78, 5) is 2.57. The van der Waals surface area contributed by atoms with Crippen LogP contribution in [0.25, 0.3) is 0 Å². The van der Waals surface area contributed by atoms with Gasteiger partial charge in [-0.25, -0.2) is 0 Å². The maximum Gasteiger partial charge on any atom is 0.0193 e. The fourth-order valence-electron chi connectivity index (χ4n) is 2.72. The highest BCUT2D eigenvalue weighted by atomic mass is 15.1. The smallest absolute Gasteiger partial charge is 0.0193 e. The highest BCUT2D eigenvalue weighted by Crippen LogP contribution is 2.21. The number of hydrogen-bond acceptors (Lipinski definition) is 2. The number of likely N-dealkylation sites (tertiary alicyclic amines) is 1. The maximum atomic E-state index is 6.21. The second-order valence-electron chi connectivity index (χ2n) is 5.71. The van der Waals surface area contributed by atoms with Crippen molar-refractivity contribution in [2.24, 2.45) is 23.5 Å². The molecule has 90 valence electrons. The lowest BCUT2D eigenvalue weighted by molar-refractivity contribution is 0.125. The number of piperidine rings is 1. The van der Waals surface area contributed by atoms with Crippen molar-refractivity contribution >= 4 is 0 Å². The van der Waals surface area contributed by atoms with Gasteiger partial charge in [0.25, 0.3) is 0 Å². The molecule has 0 saturated carbocycles. The molecule has 2 N–H and O–H groups in total. The van der Waals surface area contributed by atoms with Crippen LogP contribution in [-0.2, 0) is 0 Å². The summed E-state index contributed by atoms with van der Waals surface area (Å²) >= 11 is 0. The van der Waals surface area contributed by atoms with Gasteiger partial charge in [-0.15, -0.1) is 0 Å². The minimum atomic E-state index is 0.354. The Morgan fingerprint density at radius 1 is 1.27 bits per heavy atom. The lowest BCUT2D eigenvalue weighted by Crippen LogP contribution is -2.47.